The third-order valence-electron chi connectivity index (χ3n) is 5.35. The molecule has 32 heavy (non-hydrogen) atoms. The number of anilines is 1. The van der Waals surface area contributed by atoms with E-state index in [2.05, 4.69) is 56.6 Å². The summed E-state index contributed by atoms with van der Waals surface area (Å²) >= 11 is 12.0. The summed E-state index contributed by atoms with van der Waals surface area (Å²) in [5.41, 5.74) is 1.57. The molecule has 0 aliphatic carbocycles. The number of hydrogen-bond acceptors (Lipinski definition) is 6. The molecule has 2 aromatic heterocycles. The van der Waals surface area contributed by atoms with Gasteiger partial charge in [-0.3, -0.25) is 14.7 Å². The number of rotatable bonds is 6. The molecule has 0 unspecified atom stereocenters. The number of morpholine rings is 1. The predicted molar refractivity (Wildman–Crippen MR) is 139 cm³/mol. The van der Waals surface area contributed by atoms with Crippen molar-refractivity contribution in [2.45, 2.75) is 23.9 Å². The van der Waals surface area contributed by atoms with Crippen LogP contribution in [-0.4, -0.2) is 86.2 Å². The summed E-state index contributed by atoms with van der Waals surface area (Å²) in [5, 5.41) is 3.66. The van der Waals surface area contributed by atoms with Crippen molar-refractivity contribution in [1.29, 1.82) is 0 Å². The number of aromatic amines is 1. The zero-order valence-electron chi connectivity index (χ0n) is 18.7. The van der Waals surface area contributed by atoms with Gasteiger partial charge in [-0.05, 0) is 17.7 Å². The average molecular weight is 471 g/mol. The lowest BCUT2D eigenvalue weighted by Gasteiger charge is -2.48. The Morgan fingerprint density at radius 3 is 2.53 bits per heavy atom. The summed E-state index contributed by atoms with van der Waals surface area (Å²) in [4.78, 5) is 26.8. The maximum Gasteiger partial charge on any atom is 0.278 e. The first-order valence-electron chi connectivity index (χ1n) is 10.6. The van der Waals surface area contributed by atoms with Crippen LogP contribution in [0.1, 0.15) is 5.56 Å². The Morgan fingerprint density at radius 2 is 1.84 bits per heavy atom. The Kier molecular flexibility index (Phi) is 6.42. The average Bonchev–Trinajstić information content (AvgIpc) is 3.08. The normalized spacial score (nSPS) is 18.1. The third kappa shape index (κ3) is 5.36. The lowest BCUT2D eigenvalue weighted by Crippen LogP contribution is -2.63. The van der Waals surface area contributed by atoms with E-state index in [1.54, 1.807) is 18.5 Å². The van der Waals surface area contributed by atoms with Gasteiger partial charge in [0, 0.05) is 43.5 Å². The molecule has 0 spiro atoms. The van der Waals surface area contributed by atoms with Gasteiger partial charge in [-0.1, -0.05) is 29.3 Å². The van der Waals surface area contributed by atoms with Crippen molar-refractivity contribution in [3.63, 3.8) is 0 Å². The summed E-state index contributed by atoms with van der Waals surface area (Å²) in [6.07, 6.45) is 1.67. The largest absolute Gasteiger partial charge is 0.401 e. The minimum atomic E-state index is -0.230. The van der Waals surface area contributed by atoms with E-state index in [0.717, 1.165) is 25.2 Å². The van der Waals surface area contributed by atoms with E-state index >= 15 is 0 Å². The highest BCUT2D eigenvalue weighted by Gasteiger charge is 2.37. The molecule has 1 saturated heterocycles. The zero-order chi connectivity index (χ0) is 23.1. The minimum absolute atomic E-state index is 0.216. The third-order valence-corrected chi connectivity index (χ3v) is 6.08. The Hall–Kier alpha value is -1.87. The van der Waals surface area contributed by atoms with Crippen molar-refractivity contribution < 1.29 is 4.74 Å². The molecular formula is C18H24B4Cl2N6O2. The number of H-pyrrole nitrogens is 1. The number of fused-ring (bicyclic) bond motifs is 1. The molecule has 3 heterocycles. The highest BCUT2D eigenvalue weighted by atomic mass is 35.5. The van der Waals surface area contributed by atoms with Crippen molar-refractivity contribution in [3.8, 4) is 0 Å². The van der Waals surface area contributed by atoms with Crippen molar-refractivity contribution in [1.82, 2.24) is 24.4 Å². The molecule has 0 radical (unpaired) electrons. The highest BCUT2D eigenvalue weighted by Crippen LogP contribution is 2.23. The number of halogens is 2. The summed E-state index contributed by atoms with van der Waals surface area (Å²) in [5.74, 6) is 0.357. The van der Waals surface area contributed by atoms with Gasteiger partial charge in [-0.2, -0.15) is 4.98 Å². The van der Waals surface area contributed by atoms with E-state index in [1.807, 2.05) is 10.6 Å². The van der Waals surface area contributed by atoms with Gasteiger partial charge >= 0.3 is 0 Å². The monoisotopic (exact) mass is 470 g/mol. The molecule has 14 heteroatoms. The summed E-state index contributed by atoms with van der Waals surface area (Å²) < 4.78 is 8.01. The van der Waals surface area contributed by atoms with Crippen LogP contribution in [0, 0.1) is 0 Å². The fraction of sp³-hybridized carbons (Fsp3) is 0.389. The number of ether oxygens (including phenoxy) is 1. The quantitative estimate of drug-likeness (QED) is 0.414. The molecule has 1 fully saturated rings. The van der Waals surface area contributed by atoms with Gasteiger partial charge in [-0.25, -0.2) is 4.98 Å². The van der Waals surface area contributed by atoms with Gasteiger partial charge < -0.3 is 14.6 Å². The van der Waals surface area contributed by atoms with Crippen LogP contribution in [0.2, 0.25) is 10.0 Å². The summed E-state index contributed by atoms with van der Waals surface area (Å²) in [7, 11) is 8.42. The Bertz CT molecular complexity index is 1190. The second-order valence-electron chi connectivity index (χ2n) is 9.46. The topological polar surface area (TPSA) is 88.1 Å². The minimum Gasteiger partial charge on any atom is -0.401 e. The van der Waals surface area contributed by atoms with Crippen molar-refractivity contribution in [2.24, 2.45) is 0 Å². The molecule has 0 saturated carbocycles. The lowest BCUT2D eigenvalue weighted by molar-refractivity contribution is -0.0558. The lowest BCUT2D eigenvalue weighted by atomic mass is 9.57. The molecule has 3 aromatic rings. The van der Waals surface area contributed by atoms with Gasteiger partial charge in [0.1, 0.15) is 31.4 Å². The van der Waals surface area contributed by atoms with Crippen LogP contribution in [-0.2, 0) is 17.8 Å². The summed E-state index contributed by atoms with van der Waals surface area (Å²) in [6.45, 7) is 3.54. The van der Waals surface area contributed by atoms with E-state index in [-0.39, 0.29) is 16.4 Å². The predicted octanol–water partition coefficient (Wildman–Crippen LogP) is -1.79. The molecule has 1 aromatic carbocycles. The number of benzene rings is 1. The molecule has 8 nitrogen and oxygen atoms in total. The van der Waals surface area contributed by atoms with Crippen LogP contribution in [0.5, 0.6) is 0 Å². The van der Waals surface area contributed by atoms with Gasteiger partial charge in [0.15, 0.2) is 11.2 Å². The maximum absolute atomic E-state index is 12.8. The van der Waals surface area contributed by atoms with Crippen LogP contribution in [0.15, 0.2) is 29.3 Å². The van der Waals surface area contributed by atoms with E-state index in [9.17, 15) is 4.79 Å². The van der Waals surface area contributed by atoms with Crippen LogP contribution in [0.3, 0.4) is 0 Å². The fourth-order valence-electron chi connectivity index (χ4n) is 4.43. The molecule has 2 N–H and O–H groups in total. The molecule has 1 aliphatic rings. The molecular weight excluding hydrogens is 446 g/mol. The summed E-state index contributed by atoms with van der Waals surface area (Å²) in [6, 6.07) is 5.37. The first-order valence-corrected chi connectivity index (χ1v) is 11.3. The first kappa shape index (κ1) is 23.3. The first-order chi connectivity index (χ1) is 15.0. The number of nitrogens with zero attached hydrogens (tertiary/aromatic N) is 4. The fourth-order valence-corrected chi connectivity index (χ4v) is 4.75. The molecule has 0 amide bonds. The molecule has 4 rings (SSSR count). The Labute approximate surface area is 200 Å². The van der Waals surface area contributed by atoms with E-state index in [0.29, 0.717) is 40.2 Å². The molecule has 1 aliphatic heterocycles. The molecule has 0 bridgehead atoms. The number of aromatic nitrogens is 4. The number of imidazole rings is 1. The van der Waals surface area contributed by atoms with Crippen molar-refractivity contribution in [3.05, 3.63) is 50.5 Å². The van der Waals surface area contributed by atoms with Crippen LogP contribution >= 0.6 is 23.2 Å². The van der Waals surface area contributed by atoms with Gasteiger partial charge in [0.25, 0.3) is 5.56 Å². The van der Waals surface area contributed by atoms with Crippen LogP contribution in [0.25, 0.3) is 11.2 Å². The Morgan fingerprint density at radius 1 is 1.12 bits per heavy atom. The second kappa shape index (κ2) is 8.82. The number of hydrogen-bond donors (Lipinski definition) is 2. The molecule has 0 atom stereocenters. The van der Waals surface area contributed by atoms with Gasteiger partial charge in [-0.15, -0.1) is 0 Å². The standard InChI is InChI=1S/C18H24B4Cl2N6O2/c19-17(20)7-29(8-18(21,22)32-17)3-4-30-9-26-14-13(30)15(31)28-16(27-14)25-6-10-1-2-11(23)12(24)5-10/h1-2,5,9H,3-4,6-8,19-22H2,(H2,25,27,28,31). The van der Waals surface area contributed by atoms with E-state index < -0.39 is 0 Å². The van der Waals surface area contributed by atoms with E-state index in [1.165, 1.54) is 0 Å². The number of nitrogens with one attached hydrogen (secondary N) is 2. The Balaban J connectivity index is 1.46. The highest BCUT2D eigenvalue weighted by molar-refractivity contribution is 6.43. The SMILES string of the molecule is BC1(B)CN(CCn2cnc3nc(NCc4ccc(Cl)c(Cl)c4)[nH]c(=O)c32)CC(B)(B)O1. The van der Waals surface area contributed by atoms with E-state index in [4.69, 9.17) is 27.9 Å². The van der Waals surface area contributed by atoms with Gasteiger partial charge in [0.2, 0.25) is 5.95 Å². The zero-order valence-corrected chi connectivity index (χ0v) is 20.2. The maximum atomic E-state index is 12.8. The van der Waals surface area contributed by atoms with Crippen LogP contribution in [0.4, 0.5) is 5.95 Å². The van der Waals surface area contributed by atoms with Crippen LogP contribution < -0.4 is 10.9 Å². The second-order valence-corrected chi connectivity index (χ2v) is 10.3. The van der Waals surface area contributed by atoms with Gasteiger partial charge in [0.05, 0.1) is 16.4 Å². The smallest absolute Gasteiger partial charge is 0.278 e. The van der Waals surface area contributed by atoms with Crippen molar-refractivity contribution in [2.75, 3.05) is 25.0 Å². The van der Waals surface area contributed by atoms with Crippen molar-refractivity contribution >= 4 is 71.7 Å². The molecule has 164 valence electrons.